The Morgan fingerprint density at radius 2 is 1.90 bits per heavy atom. The van der Waals surface area contributed by atoms with Gasteiger partial charge in [-0.25, -0.2) is 9.97 Å². The van der Waals surface area contributed by atoms with Crippen molar-refractivity contribution in [1.29, 1.82) is 0 Å². The van der Waals surface area contributed by atoms with E-state index in [1.54, 1.807) is 17.5 Å². The van der Waals surface area contributed by atoms with Gasteiger partial charge in [0.2, 0.25) is 0 Å². The molecule has 1 saturated heterocycles. The van der Waals surface area contributed by atoms with Crippen LogP contribution < -0.4 is 5.32 Å². The summed E-state index contributed by atoms with van der Waals surface area (Å²) in [4.78, 5) is 26.2. The molecule has 4 aromatic rings. The van der Waals surface area contributed by atoms with Gasteiger partial charge >= 0.3 is 0 Å². The van der Waals surface area contributed by atoms with Crippen molar-refractivity contribution in [2.45, 2.75) is 0 Å². The van der Waals surface area contributed by atoms with Crippen LogP contribution in [-0.2, 0) is 0 Å². The first-order valence-corrected chi connectivity index (χ1v) is 10.7. The Bertz CT molecular complexity index is 1160. The van der Waals surface area contributed by atoms with Crippen molar-refractivity contribution in [1.82, 2.24) is 30.0 Å². The summed E-state index contributed by atoms with van der Waals surface area (Å²) in [6.45, 7) is 3.34. The molecule has 3 aromatic heterocycles. The molecule has 0 unspecified atom stereocenters. The van der Waals surface area contributed by atoms with Gasteiger partial charge in [0.25, 0.3) is 5.91 Å². The largest absolute Gasteiger partial charge is 0.338 e. The third kappa shape index (κ3) is 3.64. The van der Waals surface area contributed by atoms with Crippen molar-refractivity contribution in [2.24, 2.45) is 0 Å². The van der Waals surface area contributed by atoms with Crippen LogP contribution in [0, 0.1) is 0 Å². The molecule has 0 radical (unpaired) electrons. The van der Waals surface area contributed by atoms with E-state index in [1.807, 2.05) is 46.0 Å². The van der Waals surface area contributed by atoms with E-state index in [1.165, 1.54) is 0 Å². The standard InChI is InChI=1S/C21H21N7OS/c1-27-7-9-28(10-8-27)21(29)14-2-4-16(5-3-14)23-20-18-17(12-22-26-18)24-19(25-20)15-6-11-30-13-15/h2-6,11-13H,7-10H2,1H3,(H,22,26)(H,23,24,25). The Kier molecular flexibility index (Phi) is 4.89. The fraction of sp³-hybridized carbons (Fsp3) is 0.238. The molecule has 1 fully saturated rings. The monoisotopic (exact) mass is 419 g/mol. The van der Waals surface area contributed by atoms with Gasteiger partial charge in [-0.05, 0) is 42.8 Å². The predicted octanol–water partition coefficient (Wildman–Crippen LogP) is 3.21. The minimum atomic E-state index is 0.0763. The first-order valence-electron chi connectivity index (χ1n) is 9.76. The van der Waals surface area contributed by atoms with Gasteiger partial charge in [0.05, 0.1) is 6.20 Å². The number of piperazine rings is 1. The Labute approximate surface area is 177 Å². The van der Waals surface area contributed by atoms with Gasteiger partial charge in [-0.1, -0.05) is 0 Å². The highest BCUT2D eigenvalue weighted by molar-refractivity contribution is 7.08. The zero-order chi connectivity index (χ0) is 20.5. The molecule has 152 valence electrons. The molecule has 30 heavy (non-hydrogen) atoms. The number of anilines is 2. The molecular weight excluding hydrogens is 398 g/mol. The second-order valence-corrected chi connectivity index (χ2v) is 8.12. The fourth-order valence-electron chi connectivity index (χ4n) is 3.48. The van der Waals surface area contributed by atoms with Crippen LogP contribution >= 0.6 is 11.3 Å². The van der Waals surface area contributed by atoms with E-state index < -0.39 is 0 Å². The second-order valence-electron chi connectivity index (χ2n) is 7.34. The molecule has 1 aromatic carbocycles. The molecule has 2 N–H and O–H groups in total. The maximum Gasteiger partial charge on any atom is 0.253 e. The van der Waals surface area contributed by atoms with E-state index in [-0.39, 0.29) is 5.91 Å². The number of thiophene rings is 1. The minimum Gasteiger partial charge on any atom is -0.338 e. The molecule has 0 aliphatic carbocycles. The van der Waals surface area contributed by atoms with Crippen LogP contribution in [0.3, 0.4) is 0 Å². The van der Waals surface area contributed by atoms with Crippen molar-refractivity contribution < 1.29 is 4.79 Å². The van der Waals surface area contributed by atoms with Crippen LogP contribution in [0.2, 0.25) is 0 Å². The summed E-state index contributed by atoms with van der Waals surface area (Å²) in [6.07, 6.45) is 1.69. The quantitative estimate of drug-likeness (QED) is 0.528. The average Bonchev–Trinajstić information content (AvgIpc) is 3.46. The summed E-state index contributed by atoms with van der Waals surface area (Å²) in [5, 5.41) is 14.4. The summed E-state index contributed by atoms with van der Waals surface area (Å²) in [5.41, 5.74) is 4.00. The smallest absolute Gasteiger partial charge is 0.253 e. The van der Waals surface area contributed by atoms with Crippen molar-refractivity contribution in [3.05, 3.63) is 52.9 Å². The molecule has 0 spiro atoms. The van der Waals surface area contributed by atoms with Crippen LogP contribution in [0.5, 0.6) is 0 Å². The fourth-order valence-corrected chi connectivity index (χ4v) is 4.11. The van der Waals surface area contributed by atoms with Crippen LogP contribution in [0.4, 0.5) is 11.5 Å². The molecular formula is C21H21N7OS. The van der Waals surface area contributed by atoms with Crippen LogP contribution in [0.25, 0.3) is 22.4 Å². The number of nitrogens with one attached hydrogen (secondary N) is 2. The number of aromatic amines is 1. The predicted molar refractivity (Wildman–Crippen MR) is 118 cm³/mol. The summed E-state index contributed by atoms with van der Waals surface area (Å²) in [6, 6.07) is 9.51. The van der Waals surface area contributed by atoms with E-state index in [0.717, 1.165) is 48.5 Å². The second kappa shape index (κ2) is 7.85. The van der Waals surface area contributed by atoms with Gasteiger partial charge in [0, 0.05) is 48.4 Å². The number of aromatic nitrogens is 4. The SMILES string of the molecule is CN1CCN(C(=O)c2ccc(Nc3nc(-c4ccsc4)nc4cn[nH]c34)cc2)CC1. The number of benzene rings is 1. The van der Waals surface area contributed by atoms with Crippen molar-refractivity contribution in [3.8, 4) is 11.4 Å². The van der Waals surface area contributed by atoms with Gasteiger partial charge in [0.15, 0.2) is 11.6 Å². The lowest BCUT2D eigenvalue weighted by molar-refractivity contribution is 0.0664. The van der Waals surface area contributed by atoms with Crippen molar-refractivity contribution in [2.75, 3.05) is 38.5 Å². The van der Waals surface area contributed by atoms with E-state index in [4.69, 9.17) is 0 Å². The van der Waals surface area contributed by atoms with Gasteiger partial charge in [-0.3, -0.25) is 9.89 Å². The van der Waals surface area contributed by atoms with Crippen LogP contribution in [0.15, 0.2) is 47.3 Å². The topological polar surface area (TPSA) is 90.0 Å². The number of H-pyrrole nitrogens is 1. The van der Waals surface area contributed by atoms with Gasteiger partial charge < -0.3 is 15.1 Å². The van der Waals surface area contributed by atoms with Gasteiger partial charge in [0.1, 0.15) is 11.0 Å². The van der Waals surface area contributed by atoms with E-state index in [2.05, 4.69) is 37.4 Å². The number of rotatable bonds is 4. The number of carbonyl (C=O) groups excluding carboxylic acids is 1. The molecule has 0 bridgehead atoms. The average molecular weight is 420 g/mol. The van der Waals surface area contributed by atoms with Crippen molar-refractivity contribution in [3.63, 3.8) is 0 Å². The highest BCUT2D eigenvalue weighted by atomic mass is 32.1. The molecule has 5 rings (SSSR count). The van der Waals surface area contributed by atoms with Gasteiger partial charge in [-0.15, -0.1) is 0 Å². The first kappa shape index (κ1) is 18.7. The summed E-state index contributed by atoms with van der Waals surface area (Å²) >= 11 is 1.61. The maximum absolute atomic E-state index is 12.7. The Hall–Kier alpha value is -3.30. The highest BCUT2D eigenvalue weighted by Crippen LogP contribution is 2.27. The van der Waals surface area contributed by atoms with E-state index >= 15 is 0 Å². The summed E-state index contributed by atoms with van der Waals surface area (Å²) in [7, 11) is 2.08. The Balaban J connectivity index is 1.38. The Morgan fingerprint density at radius 1 is 1.10 bits per heavy atom. The van der Waals surface area contributed by atoms with Crippen LogP contribution in [0.1, 0.15) is 10.4 Å². The van der Waals surface area contributed by atoms with E-state index in [9.17, 15) is 4.79 Å². The maximum atomic E-state index is 12.7. The third-order valence-corrected chi connectivity index (χ3v) is 5.95. The Morgan fingerprint density at radius 3 is 2.63 bits per heavy atom. The normalized spacial score (nSPS) is 14.9. The molecule has 0 saturated carbocycles. The first-order chi connectivity index (χ1) is 14.7. The lowest BCUT2D eigenvalue weighted by Gasteiger charge is -2.32. The molecule has 1 aliphatic rings. The number of carbonyl (C=O) groups is 1. The third-order valence-electron chi connectivity index (χ3n) is 5.26. The molecule has 4 heterocycles. The molecule has 9 heteroatoms. The lowest BCUT2D eigenvalue weighted by atomic mass is 10.1. The van der Waals surface area contributed by atoms with Gasteiger partial charge in [-0.2, -0.15) is 16.4 Å². The van der Waals surface area contributed by atoms with Crippen LogP contribution in [-0.4, -0.2) is 69.1 Å². The highest BCUT2D eigenvalue weighted by Gasteiger charge is 2.20. The summed E-state index contributed by atoms with van der Waals surface area (Å²) in [5.74, 6) is 1.37. The number of hydrogen-bond donors (Lipinski definition) is 2. The lowest BCUT2D eigenvalue weighted by Crippen LogP contribution is -2.47. The molecule has 1 amide bonds. The number of likely N-dealkylation sites (N-methyl/N-ethyl adjacent to an activating group) is 1. The molecule has 8 nitrogen and oxygen atoms in total. The minimum absolute atomic E-state index is 0.0763. The molecule has 1 aliphatic heterocycles. The number of fused-ring (bicyclic) bond motifs is 1. The summed E-state index contributed by atoms with van der Waals surface area (Å²) < 4.78 is 0. The zero-order valence-electron chi connectivity index (χ0n) is 16.5. The van der Waals surface area contributed by atoms with Crippen molar-refractivity contribution >= 4 is 39.8 Å². The number of amides is 1. The molecule has 0 atom stereocenters. The zero-order valence-corrected chi connectivity index (χ0v) is 17.3. The number of hydrogen-bond acceptors (Lipinski definition) is 7. The number of nitrogens with zero attached hydrogens (tertiary/aromatic N) is 5. The van der Waals surface area contributed by atoms with E-state index in [0.29, 0.717) is 17.2 Å².